The van der Waals surface area contributed by atoms with E-state index >= 15 is 0 Å². The van der Waals surface area contributed by atoms with Crippen molar-refractivity contribution in [2.45, 2.75) is 40.0 Å². The van der Waals surface area contributed by atoms with Crippen LogP contribution in [-0.2, 0) is 24.1 Å². The Labute approximate surface area is 217 Å². The van der Waals surface area contributed by atoms with Crippen molar-refractivity contribution in [3.05, 3.63) is 74.4 Å². The number of ether oxygens (including phenoxy) is 2. The highest BCUT2D eigenvalue weighted by Gasteiger charge is 2.30. The van der Waals surface area contributed by atoms with E-state index in [9.17, 15) is 9.59 Å². The van der Waals surface area contributed by atoms with Crippen molar-refractivity contribution in [3.8, 4) is 22.8 Å². The Balaban J connectivity index is 1.18. The topological polar surface area (TPSA) is 94.8 Å². The van der Waals surface area contributed by atoms with E-state index in [4.69, 9.17) is 19.0 Å². The molecule has 8 nitrogen and oxygen atoms in total. The largest absolute Gasteiger partial charge is 0.454 e. The summed E-state index contributed by atoms with van der Waals surface area (Å²) in [5.74, 6) is 1.94. The molecule has 4 heterocycles. The number of carbonyl (C=O) groups is 2. The fourth-order valence-electron chi connectivity index (χ4n) is 4.99. The van der Waals surface area contributed by atoms with Gasteiger partial charge in [-0.15, -0.1) is 11.3 Å². The van der Waals surface area contributed by atoms with E-state index in [0.29, 0.717) is 41.5 Å². The van der Waals surface area contributed by atoms with E-state index in [-0.39, 0.29) is 24.9 Å². The number of hydrogen-bond acceptors (Lipinski definition) is 8. The van der Waals surface area contributed by atoms with Crippen LogP contribution in [0, 0.1) is 20.8 Å². The second-order valence-electron chi connectivity index (χ2n) is 9.34. The SMILES string of the molecule is Cc1noc(C)c1C(=O)N1CCc2cc(-c3nc(CC(=O)Cc4ccc5c(c4)OCO5)sc3C)ccc21. The lowest BCUT2D eigenvalue weighted by Crippen LogP contribution is -2.29. The van der Waals surface area contributed by atoms with Gasteiger partial charge in [-0.3, -0.25) is 9.59 Å². The van der Waals surface area contributed by atoms with Crippen molar-refractivity contribution >= 4 is 28.7 Å². The molecule has 2 aliphatic rings. The summed E-state index contributed by atoms with van der Waals surface area (Å²) in [7, 11) is 0. The van der Waals surface area contributed by atoms with Crippen molar-refractivity contribution in [3.63, 3.8) is 0 Å². The third-order valence-electron chi connectivity index (χ3n) is 6.77. The fraction of sp³-hybridized carbons (Fsp3) is 0.286. The van der Waals surface area contributed by atoms with Gasteiger partial charge in [-0.2, -0.15) is 0 Å². The maximum atomic E-state index is 13.2. The van der Waals surface area contributed by atoms with Gasteiger partial charge in [0.25, 0.3) is 5.91 Å². The number of anilines is 1. The van der Waals surface area contributed by atoms with Crippen LogP contribution in [0.4, 0.5) is 5.69 Å². The van der Waals surface area contributed by atoms with Gasteiger partial charge in [0.05, 0.1) is 17.8 Å². The average Bonchev–Trinajstić information content (AvgIpc) is 3.65. The molecule has 2 aliphatic heterocycles. The molecule has 0 aliphatic carbocycles. The maximum absolute atomic E-state index is 13.2. The Morgan fingerprint density at radius 2 is 1.86 bits per heavy atom. The van der Waals surface area contributed by atoms with Gasteiger partial charge in [-0.25, -0.2) is 4.98 Å². The number of benzene rings is 2. The molecule has 0 N–H and O–H groups in total. The highest BCUT2D eigenvalue weighted by atomic mass is 32.1. The van der Waals surface area contributed by atoms with E-state index in [1.165, 1.54) is 0 Å². The zero-order chi connectivity index (χ0) is 25.7. The van der Waals surface area contributed by atoms with Crippen molar-refractivity contribution in [2.24, 2.45) is 0 Å². The normalized spacial score (nSPS) is 13.8. The highest BCUT2D eigenvalue weighted by Crippen LogP contribution is 2.36. The maximum Gasteiger partial charge on any atom is 0.263 e. The van der Waals surface area contributed by atoms with E-state index in [0.717, 1.165) is 44.4 Å². The number of aryl methyl sites for hydroxylation is 3. The Bertz CT molecular complexity index is 1530. The molecule has 1 amide bonds. The number of Topliss-reactive ketones (excluding diaryl/α,β-unsaturated/α-hetero) is 1. The molecule has 0 atom stereocenters. The predicted octanol–water partition coefficient (Wildman–Crippen LogP) is 5.01. The van der Waals surface area contributed by atoms with Gasteiger partial charge in [0.15, 0.2) is 11.5 Å². The molecule has 0 bridgehead atoms. The first-order chi connectivity index (χ1) is 17.9. The van der Waals surface area contributed by atoms with Crippen LogP contribution in [0.25, 0.3) is 11.3 Å². The number of carbonyl (C=O) groups excluding carboxylic acids is 2. The lowest BCUT2D eigenvalue weighted by molar-refractivity contribution is -0.117. The van der Waals surface area contributed by atoms with Gasteiger partial charge in [0.1, 0.15) is 22.1 Å². The van der Waals surface area contributed by atoms with Crippen LogP contribution in [0.2, 0.25) is 0 Å². The molecule has 0 spiro atoms. The molecule has 0 unspecified atom stereocenters. The zero-order valence-corrected chi connectivity index (χ0v) is 21.6. The molecule has 4 aromatic rings. The third-order valence-corrected chi connectivity index (χ3v) is 7.74. The third kappa shape index (κ3) is 4.29. The first kappa shape index (κ1) is 23.4. The minimum Gasteiger partial charge on any atom is -0.454 e. The summed E-state index contributed by atoms with van der Waals surface area (Å²) in [6, 6.07) is 11.7. The highest BCUT2D eigenvalue weighted by molar-refractivity contribution is 7.12. The standard InChI is InChI=1S/C28H25N3O5S/c1-15-26(16(2)36-30-15)28(33)31-9-8-19-12-20(5-6-22(19)31)27-17(3)37-25(29-27)13-21(32)10-18-4-7-23-24(11-18)35-14-34-23/h4-7,11-12H,8-10,13-14H2,1-3H3. The summed E-state index contributed by atoms with van der Waals surface area (Å²) >= 11 is 1.55. The van der Waals surface area contributed by atoms with Crippen LogP contribution < -0.4 is 14.4 Å². The Kier molecular flexibility index (Phi) is 5.79. The summed E-state index contributed by atoms with van der Waals surface area (Å²) in [5.41, 5.74) is 5.92. The monoisotopic (exact) mass is 515 g/mol. The molecular weight excluding hydrogens is 490 g/mol. The molecule has 37 heavy (non-hydrogen) atoms. The van der Waals surface area contributed by atoms with Gasteiger partial charge >= 0.3 is 0 Å². The van der Waals surface area contributed by atoms with Gasteiger partial charge in [-0.05, 0) is 62.6 Å². The molecule has 188 valence electrons. The smallest absolute Gasteiger partial charge is 0.263 e. The van der Waals surface area contributed by atoms with E-state index in [1.54, 1.807) is 30.1 Å². The second kappa shape index (κ2) is 9.15. The van der Waals surface area contributed by atoms with Gasteiger partial charge in [0.2, 0.25) is 6.79 Å². The minimum atomic E-state index is -0.0872. The number of nitrogens with zero attached hydrogens (tertiary/aromatic N) is 3. The van der Waals surface area contributed by atoms with Gasteiger partial charge in [0, 0.05) is 29.1 Å². The van der Waals surface area contributed by atoms with E-state index in [2.05, 4.69) is 11.2 Å². The van der Waals surface area contributed by atoms with Gasteiger partial charge in [-0.1, -0.05) is 17.3 Å². The number of hydrogen-bond donors (Lipinski definition) is 0. The molecule has 0 radical (unpaired) electrons. The van der Waals surface area contributed by atoms with Crippen molar-refractivity contribution < 1.29 is 23.6 Å². The molecular formula is C28H25N3O5S. The minimum absolute atomic E-state index is 0.0872. The number of rotatable bonds is 6. The fourth-order valence-corrected chi connectivity index (χ4v) is 5.97. The molecule has 9 heteroatoms. The van der Waals surface area contributed by atoms with Crippen LogP contribution in [0.15, 0.2) is 40.9 Å². The van der Waals surface area contributed by atoms with Crippen LogP contribution in [-0.4, -0.2) is 35.2 Å². The molecule has 0 saturated heterocycles. The number of amides is 1. The second-order valence-corrected chi connectivity index (χ2v) is 10.6. The van der Waals surface area contributed by atoms with Gasteiger partial charge < -0.3 is 18.9 Å². The van der Waals surface area contributed by atoms with Crippen molar-refractivity contribution in [2.75, 3.05) is 18.2 Å². The van der Waals surface area contributed by atoms with Crippen LogP contribution in [0.3, 0.4) is 0 Å². The molecule has 2 aromatic heterocycles. The zero-order valence-electron chi connectivity index (χ0n) is 20.8. The van der Waals surface area contributed by atoms with Crippen LogP contribution in [0.1, 0.15) is 42.8 Å². The number of ketones is 1. The summed E-state index contributed by atoms with van der Waals surface area (Å²) in [6.07, 6.45) is 1.37. The van der Waals surface area contributed by atoms with E-state index in [1.807, 2.05) is 37.3 Å². The van der Waals surface area contributed by atoms with Crippen molar-refractivity contribution in [1.29, 1.82) is 0 Å². The molecule has 2 aromatic carbocycles. The Hall–Kier alpha value is -3.98. The van der Waals surface area contributed by atoms with Crippen molar-refractivity contribution in [1.82, 2.24) is 10.1 Å². The van der Waals surface area contributed by atoms with E-state index < -0.39 is 0 Å². The number of thiazole rings is 1. The first-order valence-electron chi connectivity index (χ1n) is 12.1. The average molecular weight is 516 g/mol. The Morgan fingerprint density at radius 3 is 2.68 bits per heavy atom. The summed E-state index contributed by atoms with van der Waals surface area (Å²) < 4.78 is 16.0. The lowest BCUT2D eigenvalue weighted by atomic mass is 10.0. The van der Waals surface area contributed by atoms with Crippen LogP contribution >= 0.6 is 11.3 Å². The Morgan fingerprint density at radius 1 is 1.03 bits per heavy atom. The van der Waals surface area contributed by atoms with Crippen LogP contribution in [0.5, 0.6) is 11.5 Å². The molecule has 0 fully saturated rings. The first-order valence-corrected chi connectivity index (χ1v) is 12.9. The quantitative estimate of drug-likeness (QED) is 0.356. The predicted molar refractivity (Wildman–Crippen MR) is 139 cm³/mol. The summed E-state index contributed by atoms with van der Waals surface area (Å²) in [4.78, 5) is 33.6. The number of fused-ring (bicyclic) bond motifs is 2. The summed E-state index contributed by atoms with van der Waals surface area (Å²) in [6.45, 7) is 6.39. The molecule has 0 saturated carbocycles. The summed E-state index contributed by atoms with van der Waals surface area (Å²) in [5, 5.41) is 4.72. The lowest BCUT2D eigenvalue weighted by Gasteiger charge is -2.17. The molecule has 6 rings (SSSR count). The number of aromatic nitrogens is 2.